The molecule has 2 N–H and O–H groups in total. The Morgan fingerprint density at radius 3 is 2.39 bits per heavy atom. The first kappa shape index (κ1) is 25.5. The second kappa shape index (κ2) is 9.30. The van der Waals surface area contributed by atoms with Crippen LogP contribution >= 0.6 is 0 Å². The van der Waals surface area contributed by atoms with Crippen molar-refractivity contribution < 1.29 is 31.1 Å². The van der Waals surface area contributed by atoms with Crippen LogP contribution < -0.4 is 14.8 Å². The van der Waals surface area contributed by atoms with E-state index in [0.717, 1.165) is 16.3 Å². The molecule has 0 unspecified atom stereocenters. The molecule has 1 amide bonds. The first-order valence-corrected chi connectivity index (χ1v) is 12.9. The van der Waals surface area contributed by atoms with Gasteiger partial charge in [0.1, 0.15) is 11.4 Å². The number of fused-ring (bicyclic) bond motifs is 1. The van der Waals surface area contributed by atoms with Crippen LogP contribution in [-0.2, 0) is 22.6 Å². The number of nitrogens with two attached hydrogens (primary N) is 1. The Hall–Kier alpha value is -4.16. The van der Waals surface area contributed by atoms with E-state index in [2.05, 4.69) is 5.10 Å². The molecule has 0 saturated carbocycles. The van der Waals surface area contributed by atoms with Gasteiger partial charge in [0.05, 0.1) is 17.7 Å². The number of sulfonamides is 1. The van der Waals surface area contributed by atoms with Crippen LogP contribution in [0.5, 0.6) is 5.75 Å². The molecule has 0 saturated heterocycles. The van der Waals surface area contributed by atoms with Crippen molar-refractivity contribution >= 4 is 21.6 Å². The minimum Gasteiger partial charge on any atom is -0.497 e. The number of ether oxygens (including phenoxy) is 1. The van der Waals surface area contributed by atoms with Crippen molar-refractivity contribution in [2.75, 3.05) is 18.6 Å². The molecule has 38 heavy (non-hydrogen) atoms. The minimum absolute atomic E-state index is 0.0334. The molecule has 1 aliphatic rings. The van der Waals surface area contributed by atoms with Crippen LogP contribution in [0, 0.1) is 0 Å². The number of alkyl halides is 3. The summed E-state index contributed by atoms with van der Waals surface area (Å²) in [7, 11) is -2.51. The summed E-state index contributed by atoms with van der Waals surface area (Å²) >= 11 is 0. The number of benzene rings is 3. The van der Waals surface area contributed by atoms with E-state index in [-0.39, 0.29) is 22.8 Å². The Kier molecular flexibility index (Phi) is 6.24. The van der Waals surface area contributed by atoms with Crippen molar-refractivity contribution in [3.8, 4) is 22.6 Å². The lowest BCUT2D eigenvalue weighted by Crippen LogP contribution is -2.30. The first-order valence-electron chi connectivity index (χ1n) is 11.4. The minimum atomic E-state index is -4.75. The molecular formula is C26H21F3N4O4S. The van der Waals surface area contributed by atoms with Crippen molar-refractivity contribution in [2.24, 2.45) is 5.14 Å². The number of carbonyl (C=O) groups excluding carboxylic acids is 1. The highest BCUT2D eigenvalue weighted by Gasteiger charge is 2.38. The predicted molar refractivity (Wildman–Crippen MR) is 134 cm³/mol. The topological polar surface area (TPSA) is 108 Å². The monoisotopic (exact) mass is 542 g/mol. The molecule has 8 nitrogen and oxygen atoms in total. The number of halogens is 3. The highest BCUT2D eigenvalue weighted by molar-refractivity contribution is 7.89. The fourth-order valence-electron chi connectivity index (χ4n) is 4.46. The maximum Gasteiger partial charge on any atom is 0.435 e. The van der Waals surface area contributed by atoms with Gasteiger partial charge in [-0.1, -0.05) is 24.3 Å². The fraction of sp³-hybridized carbons (Fsp3) is 0.154. The van der Waals surface area contributed by atoms with Crippen LogP contribution in [0.3, 0.4) is 0 Å². The number of aromatic nitrogens is 2. The third-order valence-electron chi connectivity index (χ3n) is 6.26. The smallest absolute Gasteiger partial charge is 0.435 e. The summed E-state index contributed by atoms with van der Waals surface area (Å²) in [6, 6.07) is 18.2. The number of amides is 1. The Morgan fingerprint density at radius 1 is 1.03 bits per heavy atom. The van der Waals surface area contributed by atoms with Gasteiger partial charge in [0.15, 0.2) is 5.69 Å². The van der Waals surface area contributed by atoms with E-state index in [9.17, 15) is 26.4 Å². The van der Waals surface area contributed by atoms with Crippen molar-refractivity contribution in [3.05, 3.63) is 89.7 Å². The maximum absolute atomic E-state index is 13.6. The lowest BCUT2D eigenvalue weighted by molar-refractivity contribution is -0.141. The molecule has 3 aromatic carbocycles. The molecule has 5 rings (SSSR count). The molecule has 0 atom stereocenters. The maximum atomic E-state index is 13.6. The van der Waals surface area contributed by atoms with Crippen molar-refractivity contribution in [2.45, 2.75) is 17.5 Å². The second-order valence-electron chi connectivity index (χ2n) is 8.61. The molecule has 4 aromatic rings. The zero-order valence-electron chi connectivity index (χ0n) is 19.9. The number of hydrogen-bond donors (Lipinski definition) is 1. The Balaban J connectivity index is 1.53. The quantitative estimate of drug-likeness (QED) is 0.402. The highest BCUT2D eigenvalue weighted by atomic mass is 32.2. The summed E-state index contributed by atoms with van der Waals surface area (Å²) in [4.78, 5) is 14.9. The number of nitrogens with zero attached hydrogens (tertiary/aromatic N) is 3. The van der Waals surface area contributed by atoms with E-state index < -0.39 is 27.8 Å². The summed E-state index contributed by atoms with van der Waals surface area (Å²) in [6.45, 7) is 0.226. The molecule has 0 spiro atoms. The molecule has 0 aliphatic carbocycles. The number of hydrogen-bond acceptors (Lipinski definition) is 5. The Bertz CT molecular complexity index is 1650. The van der Waals surface area contributed by atoms with Crippen LogP contribution in [-0.4, -0.2) is 37.8 Å². The van der Waals surface area contributed by atoms with Gasteiger partial charge in [-0.15, -0.1) is 0 Å². The largest absolute Gasteiger partial charge is 0.497 e. The van der Waals surface area contributed by atoms with Gasteiger partial charge in [-0.3, -0.25) is 4.79 Å². The van der Waals surface area contributed by atoms with Crippen LogP contribution in [0.15, 0.2) is 77.7 Å². The normalized spacial score (nSPS) is 13.4. The van der Waals surface area contributed by atoms with Gasteiger partial charge in [0.2, 0.25) is 10.0 Å². The highest BCUT2D eigenvalue weighted by Crippen LogP contribution is 2.36. The SMILES string of the molecule is COc1ccc(-n2nc(C(F)(F)F)cc2C(=O)N2CCc3cc(-c4ccccc4S(N)(=O)=O)ccc32)cc1. The number of rotatable bonds is 5. The lowest BCUT2D eigenvalue weighted by atomic mass is 10.0. The standard InChI is InChI=1S/C26H21F3N4O4S/c1-37-19-9-7-18(8-10-19)33-22(15-24(31-33)26(27,28)29)25(34)32-13-12-17-14-16(6-11-21(17)32)20-4-2-3-5-23(20)38(30,35)36/h2-11,14-15H,12-13H2,1H3,(H2,30,35,36). The predicted octanol–water partition coefficient (Wildman–Crippen LogP) is 4.42. The second-order valence-corrected chi connectivity index (χ2v) is 10.1. The van der Waals surface area contributed by atoms with Crippen LogP contribution in [0.2, 0.25) is 0 Å². The molecule has 1 aliphatic heterocycles. The van der Waals surface area contributed by atoms with E-state index >= 15 is 0 Å². The third-order valence-corrected chi connectivity index (χ3v) is 7.23. The Morgan fingerprint density at radius 2 is 1.74 bits per heavy atom. The molecule has 0 fully saturated rings. The zero-order chi connectivity index (χ0) is 27.2. The first-order chi connectivity index (χ1) is 18.0. The van der Waals surface area contributed by atoms with E-state index in [0.29, 0.717) is 29.0 Å². The van der Waals surface area contributed by atoms with Gasteiger partial charge in [-0.25, -0.2) is 18.2 Å². The number of anilines is 1. The van der Waals surface area contributed by atoms with E-state index in [1.165, 1.54) is 30.2 Å². The summed E-state index contributed by atoms with van der Waals surface area (Å²) in [6.07, 6.45) is -4.32. The molecule has 0 radical (unpaired) electrons. The molecular weight excluding hydrogens is 521 g/mol. The van der Waals surface area contributed by atoms with Gasteiger partial charge in [0.25, 0.3) is 5.91 Å². The molecule has 0 bridgehead atoms. The zero-order valence-corrected chi connectivity index (χ0v) is 20.8. The number of primary sulfonamides is 1. The summed E-state index contributed by atoms with van der Waals surface area (Å²) in [5.41, 5.74) is 1.08. The average Bonchev–Trinajstić information content (AvgIpc) is 3.53. The van der Waals surface area contributed by atoms with Crippen molar-refractivity contribution in [1.82, 2.24) is 9.78 Å². The summed E-state index contributed by atoms with van der Waals surface area (Å²) in [5.74, 6) is -0.154. The average molecular weight is 543 g/mol. The third kappa shape index (κ3) is 4.63. The molecule has 2 heterocycles. The van der Waals surface area contributed by atoms with Gasteiger partial charge < -0.3 is 9.64 Å². The van der Waals surface area contributed by atoms with Crippen LogP contribution in [0.25, 0.3) is 16.8 Å². The van der Waals surface area contributed by atoms with E-state index in [4.69, 9.17) is 9.88 Å². The van der Waals surface area contributed by atoms with E-state index in [1.807, 2.05) is 0 Å². The van der Waals surface area contributed by atoms with E-state index in [1.54, 1.807) is 48.5 Å². The summed E-state index contributed by atoms with van der Waals surface area (Å²) < 4.78 is 70.8. The van der Waals surface area contributed by atoms with Crippen LogP contribution in [0.4, 0.5) is 18.9 Å². The Labute approximate surface area is 216 Å². The summed E-state index contributed by atoms with van der Waals surface area (Å²) in [5, 5.41) is 9.05. The number of methoxy groups -OCH3 is 1. The number of carbonyl (C=O) groups is 1. The van der Waals surface area contributed by atoms with Crippen molar-refractivity contribution in [1.29, 1.82) is 0 Å². The van der Waals surface area contributed by atoms with Crippen LogP contribution in [0.1, 0.15) is 21.7 Å². The fourth-order valence-corrected chi connectivity index (χ4v) is 5.22. The van der Waals surface area contributed by atoms with Gasteiger partial charge >= 0.3 is 6.18 Å². The van der Waals surface area contributed by atoms with Gasteiger partial charge in [-0.05, 0) is 60.0 Å². The molecule has 1 aromatic heterocycles. The lowest BCUT2D eigenvalue weighted by Gasteiger charge is -2.18. The molecule has 196 valence electrons. The van der Waals surface area contributed by atoms with Gasteiger partial charge in [0, 0.05) is 23.9 Å². The van der Waals surface area contributed by atoms with Crippen molar-refractivity contribution in [3.63, 3.8) is 0 Å². The molecule has 12 heteroatoms. The van der Waals surface area contributed by atoms with Gasteiger partial charge in [-0.2, -0.15) is 18.3 Å².